The Morgan fingerprint density at radius 1 is 1.25 bits per heavy atom. The van der Waals surface area contributed by atoms with Crippen LogP contribution in [0.5, 0.6) is 0 Å². The monoisotopic (exact) mass is 74.0 g/mol. The van der Waals surface area contributed by atoms with Crippen LogP contribution in [0.15, 0.2) is 0 Å². The minimum Gasteiger partial charge on any atom is -1.00 e. The zero-order valence-corrected chi connectivity index (χ0v) is 4.32. The molecule has 2 N–H and O–H groups in total. The Balaban J connectivity index is -0.00000000167. The van der Waals surface area contributed by atoms with Gasteiger partial charge in [0, 0.05) is 9.93 Å². The van der Waals surface area contributed by atoms with Crippen molar-refractivity contribution in [2.75, 3.05) is 0 Å². The van der Waals surface area contributed by atoms with Gasteiger partial charge in [-0.3, -0.25) is 0 Å². The van der Waals surface area contributed by atoms with E-state index in [2.05, 4.69) is 0 Å². The number of hydrogen-bond acceptors (Lipinski definition) is 2. The molecule has 0 aromatic heterocycles. The minimum absolute atomic E-state index is 0. The SMILES string of the molecule is O.O=O.[H-].[Na+]. The molecular weight excluding hydrogens is 71.0 g/mol. The van der Waals surface area contributed by atoms with E-state index < -0.39 is 0 Å². The van der Waals surface area contributed by atoms with Crippen LogP contribution in [-0.4, -0.2) is 5.48 Å². The smallest absolute Gasteiger partial charge is 1.00 e. The van der Waals surface area contributed by atoms with Crippen molar-refractivity contribution in [2.24, 2.45) is 0 Å². The third-order valence-electron chi connectivity index (χ3n) is 0. The summed E-state index contributed by atoms with van der Waals surface area (Å²) >= 11 is 0. The molecular formula is H3NaO3. The first-order valence-corrected chi connectivity index (χ1v) is 0.167. The second-order valence-electron chi connectivity index (χ2n) is 0. The fourth-order valence-corrected chi connectivity index (χ4v) is 0. The summed E-state index contributed by atoms with van der Waals surface area (Å²) in [5, 5.41) is 0. The largest absolute Gasteiger partial charge is 1.00 e. The summed E-state index contributed by atoms with van der Waals surface area (Å²) in [5.41, 5.74) is 0. The quantitative estimate of drug-likeness (QED) is 0.278. The van der Waals surface area contributed by atoms with Gasteiger partial charge >= 0.3 is 29.6 Å². The standard InChI is InChI=1S/Na.O2.H2O.H/c;1-2;;/h;;1H2;/q+1;;;-1. The maximum atomic E-state index is 7.00. The van der Waals surface area contributed by atoms with Crippen molar-refractivity contribution in [3.05, 3.63) is 9.93 Å². The van der Waals surface area contributed by atoms with Gasteiger partial charge in [-0.15, -0.1) is 0 Å². The summed E-state index contributed by atoms with van der Waals surface area (Å²) in [6, 6.07) is 0. The fourth-order valence-electron chi connectivity index (χ4n) is 0. The summed E-state index contributed by atoms with van der Waals surface area (Å²) < 4.78 is 0. The first kappa shape index (κ1) is 23.7. The molecule has 3 nitrogen and oxygen atoms in total. The number of hydrogen-bond donors (Lipinski definition) is 0. The van der Waals surface area contributed by atoms with Crippen LogP contribution in [0.4, 0.5) is 0 Å². The van der Waals surface area contributed by atoms with Crippen molar-refractivity contribution in [1.29, 1.82) is 0 Å². The topological polar surface area (TPSA) is 65.6 Å². The van der Waals surface area contributed by atoms with Crippen LogP contribution in [-0.2, 0) is 0 Å². The second-order valence-corrected chi connectivity index (χ2v) is 0. The summed E-state index contributed by atoms with van der Waals surface area (Å²) in [4.78, 5) is 14.0. The van der Waals surface area contributed by atoms with Gasteiger partial charge in [0.1, 0.15) is 0 Å². The van der Waals surface area contributed by atoms with E-state index >= 15 is 0 Å². The van der Waals surface area contributed by atoms with Gasteiger partial charge in [0.25, 0.3) is 0 Å². The summed E-state index contributed by atoms with van der Waals surface area (Å²) in [7, 11) is 0. The first-order chi connectivity index (χ1) is 1.00. The average Bonchev–Trinajstić information content (AvgIpc) is 1.00. The molecule has 0 radical (unpaired) electrons. The van der Waals surface area contributed by atoms with Crippen molar-refractivity contribution >= 4 is 0 Å². The van der Waals surface area contributed by atoms with Gasteiger partial charge in [0.2, 0.25) is 0 Å². The number of rotatable bonds is 0. The normalized spacial score (nSPS) is 1.00. The van der Waals surface area contributed by atoms with Crippen LogP contribution in [0.25, 0.3) is 0 Å². The van der Waals surface area contributed by atoms with Gasteiger partial charge in [-0.25, -0.2) is 0 Å². The molecule has 0 saturated heterocycles. The van der Waals surface area contributed by atoms with Crippen molar-refractivity contribution in [1.82, 2.24) is 0 Å². The van der Waals surface area contributed by atoms with Gasteiger partial charge in [-0.2, -0.15) is 0 Å². The third kappa shape index (κ3) is 19.9. The maximum Gasteiger partial charge on any atom is 1.00 e. The van der Waals surface area contributed by atoms with E-state index in [1.54, 1.807) is 0 Å². The van der Waals surface area contributed by atoms with Gasteiger partial charge in [-0.05, 0) is 0 Å². The molecule has 0 heterocycles. The molecule has 0 fully saturated rings. The summed E-state index contributed by atoms with van der Waals surface area (Å²) in [6.07, 6.45) is 0. The van der Waals surface area contributed by atoms with E-state index in [4.69, 9.17) is 9.93 Å². The average molecular weight is 74.0 g/mol. The zero-order chi connectivity index (χ0) is 2.00. The van der Waals surface area contributed by atoms with Gasteiger partial charge in [-0.1, -0.05) is 0 Å². The van der Waals surface area contributed by atoms with Crippen LogP contribution < -0.4 is 29.6 Å². The molecule has 0 bridgehead atoms. The molecule has 0 unspecified atom stereocenters. The summed E-state index contributed by atoms with van der Waals surface area (Å²) in [5.74, 6) is 0. The van der Waals surface area contributed by atoms with Crippen LogP contribution in [0.2, 0.25) is 0 Å². The van der Waals surface area contributed by atoms with Crippen molar-refractivity contribution in [3.8, 4) is 0 Å². The van der Waals surface area contributed by atoms with Crippen LogP contribution in [0.1, 0.15) is 1.43 Å². The van der Waals surface area contributed by atoms with Gasteiger partial charge in [0.15, 0.2) is 0 Å². The second kappa shape index (κ2) is 74.4. The molecule has 4 heteroatoms. The predicted octanol–water partition coefficient (Wildman–Crippen LogP) is -3.64. The molecule has 0 aliphatic heterocycles. The molecule has 0 spiro atoms. The van der Waals surface area contributed by atoms with Crippen LogP contribution in [0.3, 0.4) is 0 Å². The van der Waals surface area contributed by atoms with Gasteiger partial charge < -0.3 is 6.90 Å². The molecule has 0 amide bonds. The Morgan fingerprint density at radius 2 is 1.25 bits per heavy atom. The van der Waals surface area contributed by atoms with E-state index in [9.17, 15) is 0 Å². The van der Waals surface area contributed by atoms with Gasteiger partial charge in [0.05, 0.1) is 0 Å². The van der Waals surface area contributed by atoms with Crippen molar-refractivity contribution < 1.29 is 36.5 Å². The zero-order valence-electron chi connectivity index (χ0n) is 3.32. The fraction of sp³-hybridized carbons (Fsp3) is 0. The van der Waals surface area contributed by atoms with E-state index in [1.807, 2.05) is 0 Å². The third-order valence-corrected chi connectivity index (χ3v) is 0. The molecule has 0 saturated carbocycles. The Labute approximate surface area is 46.7 Å². The summed E-state index contributed by atoms with van der Waals surface area (Å²) in [6.45, 7) is 0. The van der Waals surface area contributed by atoms with Crippen LogP contribution in [0, 0.1) is 9.93 Å². The Kier molecular flexibility index (Phi) is 442. The molecule has 0 aromatic carbocycles. The Bertz CT molecular complexity index is 6.85. The van der Waals surface area contributed by atoms with Crippen LogP contribution >= 0.6 is 0 Å². The molecule has 0 aliphatic rings. The first-order valence-electron chi connectivity index (χ1n) is 0.167. The Hall–Kier alpha value is 0.560. The molecule has 0 aromatic rings. The Morgan fingerprint density at radius 3 is 1.25 bits per heavy atom. The van der Waals surface area contributed by atoms with E-state index in [-0.39, 0.29) is 36.5 Å². The van der Waals surface area contributed by atoms with Crippen molar-refractivity contribution in [3.63, 3.8) is 0 Å². The molecule has 4 heavy (non-hydrogen) atoms. The van der Waals surface area contributed by atoms with E-state index in [0.29, 0.717) is 0 Å². The molecule has 0 atom stereocenters. The maximum absolute atomic E-state index is 7.00. The molecule has 0 rings (SSSR count). The minimum atomic E-state index is 0. The van der Waals surface area contributed by atoms with Crippen molar-refractivity contribution in [2.45, 2.75) is 0 Å². The predicted molar refractivity (Wildman–Crippen MR) is 11.5 cm³/mol. The molecule has 22 valence electrons. The van der Waals surface area contributed by atoms with E-state index in [1.165, 1.54) is 0 Å². The van der Waals surface area contributed by atoms with E-state index in [0.717, 1.165) is 0 Å². The molecule has 0 aliphatic carbocycles.